The van der Waals surface area contributed by atoms with Crippen LogP contribution in [0.1, 0.15) is 66.3 Å². The number of hydrogen-bond acceptors (Lipinski definition) is 5. The van der Waals surface area contributed by atoms with Crippen molar-refractivity contribution >= 4 is 35.4 Å². The Hall–Kier alpha value is -3.37. The van der Waals surface area contributed by atoms with Crippen LogP contribution in [0, 0.1) is 5.92 Å². The largest absolute Gasteiger partial charge is 0.494 e. The van der Waals surface area contributed by atoms with Crippen molar-refractivity contribution in [2.45, 2.75) is 77.7 Å². The lowest BCUT2D eigenvalue weighted by Gasteiger charge is -2.32. The van der Waals surface area contributed by atoms with Crippen molar-refractivity contribution in [2.24, 2.45) is 5.92 Å². The van der Waals surface area contributed by atoms with E-state index in [4.69, 9.17) is 9.31 Å². The van der Waals surface area contributed by atoms with Gasteiger partial charge in [-0.25, -0.2) is 9.78 Å². The molecule has 39 heavy (non-hydrogen) atoms. The zero-order chi connectivity index (χ0) is 28.1. The summed E-state index contributed by atoms with van der Waals surface area (Å²) in [7, 11) is -0.410. The van der Waals surface area contributed by atoms with Gasteiger partial charge < -0.3 is 29.6 Å². The maximum absolute atomic E-state index is 13.3. The molecule has 0 radical (unpaired) electrons. The Balaban J connectivity index is 1.35. The number of carboxylic acid groups (broad SMARTS) is 1. The summed E-state index contributed by atoms with van der Waals surface area (Å²) in [6, 6.07) is 11.5. The van der Waals surface area contributed by atoms with Crippen LogP contribution in [0.5, 0.6) is 0 Å². The molecule has 3 N–H and O–H groups in total. The van der Waals surface area contributed by atoms with Crippen LogP contribution >= 0.6 is 0 Å². The number of fused-ring (bicyclic) bond motifs is 1. The van der Waals surface area contributed by atoms with Gasteiger partial charge in [0, 0.05) is 12.1 Å². The monoisotopic (exact) mass is 532 g/mol. The van der Waals surface area contributed by atoms with E-state index in [-0.39, 0.29) is 17.9 Å². The Labute approximate surface area is 229 Å². The second-order valence-electron chi connectivity index (χ2n) is 12.0. The van der Waals surface area contributed by atoms with Gasteiger partial charge in [0.15, 0.2) is 0 Å². The quantitative estimate of drug-likeness (QED) is 0.403. The van der Waals surface area contributed by atoms with Crippen LogP contribution in [0.4, 0.5) is 4.79 Å². The average molecular weight is 532 g/mol. The fourth-order valence-corrected chi connectivity index (χ4v) is 5.35. The molecule has 0 bridgehead atoms. The van der Waals surface area contributed by atoms with E-state index in [2.05, 4.69) is 73.3 Å². The number of amides is 2. The number of nitrogens with zero attached hydrogens (tertiary/aromatic N) is 2. The molecule has 1 aromatic heterocycles. The summed E-state index contributed by atoms with van der Waals surface area (Å²) in [5.74, 6) is 0.339. The first-order valence-corrected chi connectivity index (χ1v) is 13.6. The van der Waals surface area contributed by atoms with Gasteiger partial charge in [-0.15, -0.1) is 0 Å². The summed E-state index contributed by atoms with van der Waals surface area (Å²) in [5.41, 5.74) is 2.06. The van der Waals surface area contributed by atoms with E-state index < -0.39 is 30.5 Å². The molecule has 206 valence electrons. The number of carbonyl (C=O) groups excluding carboxylic acids is 1. The molecular weight excluding hydrogens is 495 g/mol. The maximum atomic E-state index is 13.3. The molecule has 3 heterocycles. The average Bonchev–Trinajstić information content (AvgIpc) is 3.59. The third-order valence-corrected chi connectivity index (χ3v) is 8.36. The number of carbonyl (C=O) groups is 2. The number of benzene rings is 2. The summed E-state index contributed by atoms with van der Waals surface area (Å²) in [6.45, 7) is 12.5. The summed E-state index contributed by atoms with van der Waals surface area (Å²) in [4.78, 5) is 34.3. The van der Waals surface area contributed by atoms with Gasteiger partial charge in [0.2, 0.25) is 5.91 Å². The van der Waals surface area contributed by atoms with E-state index in [0.717, 1.165) is 40.3 Å². The van der Waals surface area contributed by atoms with E-state index in [1.165, 1.54) is 0 Å². The molecule has 0 unspecified atom stereocenters. The predicted octanol–water partition coefficient (Wildman–Crippen LogP) is 4.48. The summed E-state index contributed by atoms with van der Waals surface area (Å²) in [6.07, 6.45) is 2.21. The molecular formula is C29H37BN4O5. The maximum Gasteiger partial charge on any atom is 0.494 e. The van der Waals surface area contributed by atoms with Crippen molar-refractivity contribution in [3.63, 3.8) is 0 Å². The molecule has 2 atom stereocenters. The zero-order valence-electron chi connectivity index (χ0n) is 23.4. The molecule has 0 saturated carbocycles. The highest BCUT2D eigenvalue weighted by Crippen LogP contribution is 2.37. The third-order valence-electron chi connectivity index (χ3n) is 8.36. The Morgan fingerprint density at radius 2 is 1.77 bits per heavy atom. The molecule has 2 saturated heterocycles. The number of aromatic nitrogens is 2. The van der Waals surface area contributed by atoms with Gasteiger partial charge in [0.1, 0.15) is 11.9 Å². The summed E-state index contributed by atoms with van der Waals surface area (Å²) < 4.78 is 12.4. The number of hydrogen-bond donors (Lipinski definition) is 3. The van der Waals surface area contributed by atoms with E-state index in [1.807, 2.05) is 19.9 Å². The normalized spacial score (nSPS) is 21.1. The molecule has 2 aromatic carbocycles. The summed E-state index contributed by atoms with van der Waals surface area (Å²) in [5, 5.41) is 13.8. The molecule has 10 heteroatoms. The van der Waals surface area contributed by atoms with E-state index >= 15 is 0 Å². The van der Waals surface area contributed by atoms with Crippen molar-refractivity contribution in [3.05, 3.63) is 48.4 Å². The second kappa shape index (κ2) is 9.99. The van der Waals surface area contributed by atoms with E-state index in [0.29, 0.717) is 12.4 Å². The molecule has 2 aliphatic heterocycles. The Morgan fingerprint density at radius 3 is 2.44 bits per heavy atom. The van der Waals surface area contributed by atoms with Crippen LogP contribution in [-0.4, -0.2) is 62.9 Å². The number of nitrogens with one attached hydrogen (secondary N) is 2. The van der Waals surface area contributed by atoms with Crippen LogP contribution < -0.4 is 10.8 Å². The van der Waals surface area contributed by atoms with Crippen molar-refractivity contribution in [3.8, 4) is 11.3 Å². The van der Waals surface area contributed by atoms with E-state index in [1.54, 1.807) is 11.1 Å². The molecule has 0 aliphatic carbocycles. The van der Waals surface area contributed by atoms with Crippen molar-refractivity contribution < 1.29 is 24.0 Å². The molecule has 3 aromatic rings. The number of H-pyrrole nitrogens is 1. The topological polar surface area (TPSA) is 117 Å². The minimum atomic E-state index is -1.20. The smallest absolute Gasteiger partial charge is 0.465 e. The van der Waals surface area contributed by atoms with Gasteiger partial charge in [-0.3, -0.25) is 4.79 Å². The number of imidazole rings is 1. The fraction of sp³-hybridized carbons (Fsp3) is 0.483. The van der Waals surface area contributed by atoms with Crippen LogP contribution in [0.15, 0.2) is 42.6 Å². The van der Waals surface area contributed by atoms with Crippen molar-refractivity contribution in [2.75, 3.05) is 6.54 Å². The fourth-order valence-electron chi connectivity index (χ4n) is 5.35. The van der Waals surface area contributed by atoms with E-state index in [9.17, 15) is 14.7 Å². The Kier molecular flexibility index (Phi) is 6.97. The lowest BCUT2D eigenvalue weighted by Crippen LogP contribution is -2.50. The Bertz CT molecular complexity index is 1390. The van der Waals surface area contributed by atoms with Gasteiger partial charge in [-0.05, 0) is 68.8 Å². The van der Waals surface area contributed by atoms with Gasteiger partial charge in [-0.1, -0.05) is 44.2 Å². The highest BCUT2D eigenvalue weighted by molar-refractivity contribution is 6.62. The minimum Gasteiger partial charge on any atom is -0.465 e. The second-order valence-corrected chi connectivity index (χ2v) is 12.0. The Morgan fingerprint density at radius 1 is 1.10 bits per heavy atom. The molecule has 2 fully saturated rings. The summed E-state index contributed by atoms with van der Waals surface area (Å²) >= 11 is 0. The molecule has 9 nitrogen and oxygen atoms in total. The van der Waals surface area contributed by atoms with Gasteiger partial charge >= 0.3 is 13.2 Å². The van der Waals surface area contributed by atoms with Crippen molar-refractivity contribution in [1.29, 1.82) is 0 Å². The number of likely N-dealkylation sites (tertiary alicyclic amines) is 1. The van der Waals surface area contributed by atoms with Crippen molar-refractivity contribution in [1.82, 2.24) is 20.2 Å². The van der Waals surface area contributed by atoms with Gasteiger partial charge in [0.25, 0.3) is 0 Å². The highest BCUT2D eigenvalue weighted by Gasteiger charge is 2.51. The SMILES string of the molecule is CC(C)[C@H](NC(=O)O)C(=O)N1CCC[C@H]1c1ncc(-c2ccc3cc(B4OC(C)(C)C(C)(C)O4)ccc3c2)[nH]1. The first-order chi connectivity index (χ1) is 18.4. The van der Waals surface area contributed by atoms with Crippen LogP contribution in [0.25, 0.3) is 22.0 Å². The minimum absolute atomic E-state index is 0.162. The lowest BCUT2D eigenvalue weighted by atomic mass is 9.78. The van der Waals surface area contributed by atoms with Gasteiger partial charge in [0.05, 0.1) is 29.1 Å². The third kappa shape index (κ3) is 5.15. The molecule has 2 amide bonds. The predicted molar refractivity (Wildman–Crippen MR) is 151 cm³/mol. The van der Waals surface area contributed by atoms with Crippen LogP contribution in [-0.2, 0) is 14.1 Å². The lowest BCUT2D eigenvalue weighted by molar-refractivity contribution is -0.135. The first-order valence-electron chi connectivity index (χ1n) is 13.6. The van der Waals surface area contributed by atoms with Crippen LogP contribution in [0.2, 0.25) is 0 Å². The molecule has 5 rings (SSSR count). The first kappa shape index (κ1) is 27.2. The molecule has 2 aliphatic rings. The zero-order valence-corrected chi connectivity index (χ0v) is 23.4. The highest BCUT2D eigenvalue weighted by atomic mass is 16.7. The molecule has 0 spiro atoms. The van der Waals surface area contributed by atoms with Crippen LogP contribution in [0.3, 0.4) is 0 Å². The van der Waals surface area contributed by atoms with Gasteiger partial charge in [-0.2, -0.15) is 0 Å². The number of rotatable bonds is 6. The standard InChI is InChI=1S/C29H37BN4O5/c1-17(2)24(33-27(36)37)26(35)34-13-7-8-23(34)25-31-16-22(32-25)20-10-9-19-15-21(12-11-18(19)14-20)30-38-28(3,4)29(5,6)39-30/h9-12,14-17,23-24,33H,7-8,13H2,1-6H3,(H,31,32)(H,36,37)/t23-,24-/m0/s1. The number of aromatic amines is 1.